The van der Waals surface area contributed by atoms with Crippen molar-refractivity contribution in [1.82, 2.24) is 9.80 Å². The van der Waals surface area contributed by atoms with Crippen molar-refractivity contribution in [2.24, 2.45) is 11.8 Å². The zero-order chi connectivity index (χ0) is 16.9. The van der Waals surface area contributed by atoms with Gasteiger partial charge in [0, 0.05) is 32.8 Å². The number of benzene rings is 1. The van der Waals surface area contributed by atoms with Crippen LogP contribution < -0.4 is 4.74 Å². The quantitative estimate of drug-likeness (QED) is 0.833. The van der Waals surface area contributed by atoms with Gasteiger partial charge in [-0.15, -0.1) is 0 Å². The van der Waals surface area contributed by atoms with E-state index in [1.54, 1.807) is 0 Å². The van der Waals surface area contributed by atoms with Gasteiger partial charge in [0.25, 0.3) is 0 Å². The first kappa shape index (κ1) is 17.7. The zero-order valence-corrected chi connectivity index (χ0v) is 15.2. The molecule has 1 heterocycles. The highest BCUT2D eigenvalue weighted by molar-refractivity contribution is 5.27. The Hall–Kier alpha value is -1.10. The van der Waals surface area contributed by atoms with E-state index in [4.69, 9.17) is 4.74 Å². The Bertz CT molecular complexity index is 497. The van der Waals surface area contributed by atoms with Gasteiger partial charge in [-0.25, -0.2) is 0 Å². The van der Waals surface area contributed by atoms with E-state index in [-0.39, 0.29) is 0 Å². The van der Waals surface area contributed by atoms with Crippen LogP contribution in [0.4, 0.5) is 0 Å². The minimum atomic E-state index is 0.295. The molecule has 2 aliphatic rings. The van der Waals surface area contributed by atoms with Gasteiger partial charge in [0.1, 0.15) is 5.75 Å². The molecule has 24 heavy (non-hydrogen) atoms. The molecule has 0 unspecified atom stereocenters. The van der Waals surface area contributed by atoms with Crippen LogP contribution in [-0.4, -0.2) is 61.3 Å². The molecule has 3 rings (SSSR count). The van der Waals surface area contributed by atoms with Crippen molar-refractivity contribution in [3.8, 4) is 5.75 Å². The molecule has 0 bridgehead atoms. The number of nitrogens with zero attached hydrogens (tertiary/aromatic N) is 2. The number of hydrogen-bond donors (Lipinski definition) is 1. The van der Waals surface area contributed by atoms with Crippen LogP contribution in [0, 0.1) is 11.8 Å². The summed E-state index contributed by atoms with van der Waals surface area (Å²) in [5, 5.41) is 9.64. The van der Waals surface area contributed by atoms with Gasteiger partial charge in [-0.05, 0) is 69.3 Å². The fraction of sp³-hybridized carbons (Fsp3) is 0.700. The van der Waals surface area contributed by atoms with Gasteiger partial charge in [-0.1, -0.05) is 12.1 Å². The van der Waals surface area contributed by atoms with E-state index in [1.807, 2.05) is 0 Å². The Balaban J connectivity index is 1.52. The van der Waals surface area contributed by atoms with E-state index in [2.05, 4.69) is 48.2 Å². The lowest BCUT2D eigenvalue weighted by molar-refractivity contribution is 0.183. The number of ether oxygens (including phenoxy) is 1. The van der Waals surface area contributed by atoms with Gasteiger partial charge in [-0.3, -0.25) is 4.90 Å². The van der Waals surface area contributed by atoms with Crippen molar-refractivity contribution in [3.05, 3.63) is 29.8 Å². The number of likely N-dealkylation sites (tertiary alicyclic amines) is 1. The van der Waals surface area contributed by atoms with Crippen molar-refractivity contribution >= 4 is 0 Å². The summed E-state index contributed by atoms with van der Waals surface area (Å²) < 4.78 is 6.04. The first-order valence-electron chi connectivity index (χ1n) is 9.37. The van der Waals surface area contributed by atoms with E-state index in [1.165, 1.54) is 31.2 Å². The van der Waals surface area contributed by atoms with Crippen LogP contribution in [0.3, 0.4) is 0 Å². The summed E-state index contributed by atoms with van der Waals surface area (Å²) in [4.78, 5) is 4.70. The lowest BCUT2D eigenvalue weighted by Crippen LogP contribution is -2.28. The Kier molecular flexibility index (Phi) is 6.14. The van der Waals surface area contributed by atoms with Crippen LogP contribution in [0.2, 0.25) is 0 Å². The highest BCUT2D eigenvalue weighted by Gasteiger charge is 2.32. The van der Waals surface area contributed by atoms with Crippen LogP contribution >= 0.6 is 0 Å². The maximum Gasteiger partial charge on any atom is 0.119 e. The highest BCUT2D eigenvalue weighted by Crippen LogP contribution is 2.27. The van der Waals surface area contributed by atoms with Crippen LogP contribution in [0.25, 0.3) is 0 Å². The Morgan fingerprint density at radius 3 is 2.38 bits per heavy atom. The van der Waals surface area contributed by atoms with Crippen molar-refractivity contribution in [2.45, 2.75) is 38.3 Å². The Morgan fingerprint density at radius 1 is 1.08 bits per heavy atom. The predicted molar refractivity (Wildman–Crippen MR) is 97.2 cm³/mol. The Morgan fingerprint density at radius 2 is 1.75 bits per heavy atom. The maximum absolute atomic E-state index is 9.64. The van der Waals surface area contributed by atoms with Crippen molar-refractivity contribution < 1.29 is 9.84 Å². The second-order valence-corrected chi connectivity index (χ2v) is 7.83. The molecule has 1 N–H and O–H groups in total. The molecule has 4 heteroatoms. The number of aliphatic hydroxyl groups excluding tert-OH is 1. The standard InChI is InChI=1S/C20H32N2O2/c1-21(2)12-17-13-22(14-18(17)15-23)11-16-7-9-20(10-8-16)24-19-5-3-4-6-19/h7-10,17-19,23H,3-6,11-15H2,1-2H3/t17-,18-/m1/s1. The molecule has 0 spiro atoms. The third-order valence-corrected chi connectivity index (χ3v) is 5.42. The monoisotopic (exact) mass is 332 g/mol. The number of hydrogen-bond acceptors (Lipinski definition) is 4. The lowest BCUT2D eigenvalue weighted by atomic mass is 9.97. The van der Waals surface area contributed by atoms with Gasteiger partial charge in [0.15, 0.2) is 0 Å². The van der Waals surface area contributed by atoms with E-state index >= 15 is 0 Å². The van der Waals surface area contributed by atoms with Crippen LogP contribution in [0.5, 0.6) is 5.75 Å². The molecule has 1 aromatic carbocycles. The molecule has 0 amide bonds. The first-order valence-corrected chi connectivity index (χ1v) is 9.37. The zero-order valence-electron chi connectivity index (χ0n) is 15.2. The molecule has 2 atom stereocenters. The molecule has 1 saturated heterocycles. The van der Waals surface area contributed by atoms with E-state index in [0.717, 1.165) is 31.9 Å². The minimum Gasteiger partial charge on any atom is -0.490 e. The topological polar surface area (TPSA) is 35.9 Å². The largest absolute Gasteiger partial charge is 0.490 e. The molecular formula is C20H32N2O2. The van der Waals surface area contributed by atoms with Crippen molar-refractivity contribution in [1.29, 1.82) is 0 Å². The SMILES string of the molecule is CN(C)C[C@@H]1CN(Cc2ccc(OC3CCCC3)cc2)C[C@@H]1CO. The van der Waals surface area contributed by atoms with Gasteiger partial charge in [0.05, 0.1) is 6.10 Å². The highest BCUT2D eigenvalue weighted by atomic mass is 16.5. The summed E-state index contributed by atoms with van der Waals surface area (Å²) in [6.45, 7) is 4.38. The summed E-state index contributed by atoms with van der Waals surface area (Å²) in [5.74, 6) is 1.97. The molecule has 4 nitrogen and oxygen atoms in total. The fourth-order valence-corrected chi connectivity index (χ4v) is 4.18. The normalized spacial score (nSPS) is 25.7. The van der Waals surface area contributed by atoms with Crippen LogP contribution in [0.15, 0.2) is 24.3 Å². The molecule has 1 aliphatic carbocycles. The van der Waals surface area contributed by atoms with Gasteiger partial charge < -0.3 is 14.7 Å². The van der Waals surface area contributed by atoms with Crippen molar-refractivity contribution in [3.63, 3.8) is 0 Å². The second-order valence-electron chi connectivity index (χ2n) is 7.83. The molecule has 1 saturated carbocycles. The maximum atomic E-state index is 9.64. The number of aliphatic hydroxyl groups is 1. The third-order valence-electron chi connectivity index (χ3n) is 5.42. The molecule has 2 fully saturated rings. The summed E-state index contributed by atoms with van der Waals surface area (Å²) >= 11 is 0. The van der Waals surface area contributed by atoms with Crippen molar-refractivity contribution in [2.75, 3.05) is 40.3 Å². The predicted octanol–water partition coefficient (Wildman–Crippen LogP) is 2.61. The minimum absolute atomic E-state index is 0.295. The fourth-order valence-electron chi connectivity index (χ4n) is 4.18. The van der Waals surface area contributed by atoms with Crippen LogP contribution in [0.1, 0.15) is 31.2 Å². The number of rotatable bonds is 7. The molecular weight excluding hydrogens is 300 g/mol. The molecule has 0 radical (unpaired) electrons. The van der Waals surface area contributed by atoms with E-state index < -0.39 is 0 Å². The molecule has 0 aromatic heterocycles. The van der Waals surface area contributed by atoms with E-state index in [9.17, 15) is 5.11 Å². The molecule has 1 aromatic rings. The summed E-state index contributed by atoms with van der Waals surface area (Å²) in [6.07, 6.45) is 5.43. The second kappa shape index (κ2) is 8.32. The average molecular weight is 332 g/mol. The molecule has 134 valence electrons. The average Bonchev–Trinajstić information content (AvgIpc) is 3.18. The summed E-state index contributed by atoms with van der Waals surface area (Å²) in [6, 6.07) is 8.62. The summed E-state index contributed by atoms with van der Waals surface area (Å²) in [5.41, 5.74) is 1.33. The van der Waals surface area contributed by atoms with Gasteiger partial charge >= 0.3 is 0 Å². The summed E-state index contributed by atoms with van der Waals surface area (Å²) in [7, 11) is 4.22. The first-order chi connectivity index (χ1) is 11.6. The van der Waals surface area contributed by atoms with Crippen LogP contribution in [-0.2, 0) is 6.54 Å². The lowest BCUT2D eigenvalue weighted by Gasteiger charge is -2.20. The van der Waals surface area contributed by atoms with Gasteiger partial charge in [0.2, 0.25) is 0 Å². The Labute approximate surface area is 146 Å². The molecule has 1 aliphatic heterocycles. The van der Waals surface area contributed by atoms with E-state index in [0.29, 0.717) is 24.5 Å². The smallest absolute Gasteiger partial charge is 0.119 e. The third kappa shape index (κ3) is 4.71. The van der Waals surface area contributed by atoms with Gasteiger partial charge in [-0.2, -0.15) is 0 Å².